The van der Waals surface area contributed by atoms with Crippen LogP contribution >= 0.6 is 0 Å². The number of ether oxygens (including phenoxy) is 2. The summed E-state index contributed by atoms with van der Waals surface area (Å²) in [6.07, 6.45) is 0.0891. The Morgan fingerprint density at radius 1 is 1.29 bits per heavy atom. The van der Waals surface area contributed by atoms with Gasteiger partial charge in [0.1, 0.15) is 6.10 Å². The van der Waals surface area contributed by atoms with E-state index in [1.165, 1.54) is 11.1 Å². The molecule has 1 atom stereocenters. The van der Waals surface area contributed by atoms with Gasteiger partial charge >= 0.3 is 0 Å². The second-order valence-electron chi connectivity index (χ2n) is 4.17. The molecule has 2 rings (SSSR count). The third kappa shape index (κ3) is 1.81. The van der Waals surface area contributed by atoms with Crippen molar-refractivity contribution >= 4 is 0 Å². The van der Waals surface area contributed by atoms with Gasteiger partial charge in [0.2, 0.25) is 0 Å². The molecule has 0 N–H and O–H groups in total. The fraction of sp³-hybridized carbons (Fsp3) is 0.500. The highest BCUT2D eigenvalue weighted by Gasteiger charge is 2.33. The average molecular weight is 192 g/mol. The van der Waals surface area contributed by atoms with E-state index in [0.717, 1.165) is 0 Å². The largest absolute Gasteiger partial charge is 0.347 e. The van der Waals surface area contributed by atoms with E-state index < -0.39 is 5.79 Å². The van der Waals surface area contributed by atoms with Crippen molar-refractivity contribution in [1.82, 2.24) is 0 Å². The van der Waals surface area contributed by atoms with Crippen molar-refractivity contribution in [2.24, 2.45) is 0 Å². The molecule has 0 aromatic heterocycles. The molecule has 1 heterocycles. The second-order valence-corrected chi connectivity index (χ2v) is 4.17. The zero-order valence-corrected chi connectivity index (χ0v) is 8.91. The standard InChI is InChI=1S/C12H16O2/c1-9-6-4-5-7-10(9)11-8-13-12(2,3)14-11/h4-7,11H,8H2,1-3H3. The van der Waals surface area contributed by atoms with E-state index in [-0.39, 0.29) is 6.10 Å². The first-order valence-corrected chi connectivity index (χ1v) is 4.96. The van der Waals surface area contributed by atoms with Gasteiger partial charge in [-0.25, -0.2) is 0 Å². The Labute approximate surface area is 84.8 Å². The maximum atomic E-state index is 5.79. The van der Waals surface area contributed by atoms with Gasteiger partial charge in [-0.15, -0.1) is 0 Å². The van der Waals surface area contributed by atoms with Crippen molar-refractivity contribution in [3.63, 3.8) is 0 Å². The zero-order chi connectivity index (χ0) is 10.2. The van der Waals surface area contributed by atoms with Crippen LogP contribution in [0.15, 0.2) is 24.3 Å². The number of hydrogen-bond acceptors (Lipinski definition) is 2. The van der Waals surface area contributed by atoms with Gasteiger partial charge in [-0.1, -0.05) is 24.3 Å². The molecular formula is C12H16O2. The monoisotopic (exact) mass is 192 g/mol. The van der Waals surface area contributed by atoms with Crippen LogP contribution in [0, 0.1) is 6.92 Å². The lowest BCUT2D eigenvalue weighted by atomic mass is 10.0. The fourth-order valence-corrected chi connectivity index (χ4v) is 1.79. The maximum absolute atomic E-state index is 5.79. The molecule has 0 aliphatic carbocycles. The predicted molar refractivity (Wildman–Crippen MR) is 55.0 cm³/mol. The van der Waals surface area contributed by atoms with Crippen molar-refractivity contribution in [1.29, 1.82) is 0 Å². The smallest absolute Gasteiger partial charge is 0.163 e. The van der Waals surface area contributed by atoms with E-state index in [9.17, 15) is 0 Å². The van der Waals surface area contributed by atoms with E-state index in [0.29, 0.717) is 6.61 Å². The summed E-state index contributed by atoms with van der Waals surface area (Å²) >= 11 is 0. The summed E-state index contributed by atoms with van der Waals surface area (Å²) in [6.45, 7) is 6.65. The molecule has 1 aliphatic heterocycles. The van der Waals surface area contributed by atoms with E-state index in [1.807, 2.05) is 26.0 Å². The topological polar surface area (TPSA) is 18.5 Å². The molecule has 2 heteroatoms. The third-order valence-electron chi connectivity index (χ3n) is 2.54. The second kappa shape index (κ2) is 3.37. The minimum absolute atomic E-state index is 0.0891. The summed E-state index contributed by atoms with van der Waals surface area (Å²) in [5, 5.41) is 0. The number of rotatable bonds is 1. The van der Waals surface area contributed by atoms with Gasteiger partial charge in [0.15, 0.2) is 5.79 Å². The highest BCUT2D eigenvalue weighted by Crippen LogP contribution is 2.33. The minimum atomic E-state index is -0.438. The van der Waals surface area contributed by atoms with E-state index in [2.05, 4.69) is 19.1 Å². The van der Waals surface area contributed by atoms with Crippen molar-refractivity contribution < 1.29 is 9.47 Å². The molecule has 1 unspecified atom stereocenters. The van der Waals surface area contributed by atoms with Gasteiger partial charge in [0, 0.05) is 0 Å². The predicted octanol–water partition coefficient (Wildman–Crippen LogP) is 2.82. The van der Waals surface area contributed by atoms with Crippen LogP contribution in [-0.4, -0.2) is 12.4 Å². The summed E-state index contributed by atoms with van der Waals surface area (Å²) in [5.74, 6) is -0.438. The summed E-state index contributed by atoms with van der Waals surface area (Å²) in [7, 11) is 0. The van der Waals surface area contributed by atoms with E-state index in [1.54, 1.807) is 0 Å². The Hall–Kier alpha value is -0.860. The van der Waals surface area contributed by atoms with Crippen LogP contribution in [0.3, 0.4) is 0 Å². The van der Waals surface area contributed by atoms with Crippen LogP contribution < -0.4 is 0 Å². The van der Waals surface area contributed by atoms with Crippen molar-refractivity contribution in [3.8, 4) is 0 Å². The molecule has 1 aromatic rings. The van der Waals surface area contributed by atoms with Gasteiger partial charge < -0.3 is 9.47 Å². The van der Waals surface area contributed by atoms with Gasteiger partial charge in [0.25, 0.3) is 0 Å². The maximum Gasteiger partial charge on any atom is 0.163 e. The molecule has 0 radical (unpaired) electrons. The van der Waals surface area contributed by atoms with Crippen molar-refractivity contribution in [2.75, 3.05) is 6.61 Å². The summed E-state index contributed by atoms with van der Waals surface area (Å²) in [5.41, 5.74) is 2.50. The fourth-order valence-electron chi connectivity index (χ4n) is 1.79. The Bertz CT molecular complexity index is 331. The SMILES string of the molecule is Cc1ccccc1C1COC(C)(C)O1. The first-order chi connectivity index (χ1) is 6.58. The lowest BCUT2D eigenvalue weighted by molar-refractivity contribution is -0.139. The molecule has 76 valence electrons. The molecule has 1 aliphatic rings. The molecule has 0 spiro atoms. The Kier molecular flexibility index (Phi) is 2.33. The van der Waals surface area contributed by atoms with Crippen molar-refractivity contribution in [3.05, 3.63) is 35.4 Å². The van der Waals surface area contributed by atoms with Crippen molar-refractivity contribution in [2.45, 2.75) is 32.7 Å². The lowest BCUT2D eigenvalue weighted by Crippen LogP contribution is -2.19. The lowest BCUT2D eigenvalue weighted by Gasteiger charge is -2.18. The normalized spacial score (nSPS) is 25.2. The Balaban J connectivity index is 2.22. The van der Waals surface area contributed by atoms with Gasteiger partial charge in [0.05, 0.1) is 6.61 Å². The molecule has 0 bridgehead atoms. The van der Waals surface area contributed by atoms with Crippen LogP contribution in [0.2, 0.25) is 0 Å². The van der Waals surface area contributed by atoms with Crippen LogP contribution in [0.5, 0.6) is 0 Å². The molecule has 1 aromatic carbocycles. The first-order valence-electron chi connectivity index (χ1n) is 4.96. The summed E-state index contributed by atoms with van der Waals surface area (Å²) in [6, 6.07) is 8.28. The molecular weight excluding hydrogens is 176 g/mol. The van der Waals surface area contributed by atoms with Crippen LogP contribution in [-0.2, 0) is 9.47 Å². The summed E-state index contributed by atoms with van der Waals surface area (Å²) in [4.78, 5) is 0. The average Bonchev–Trinajstić information content (AvgIpc) is 2.47. The molecule has 0 amide bonds. The number of benzene rings is 1. The first kappa shape index (κ1) is 9.69. The Morgan fingerprint density at radius 3 is 2.57 bits per heavy atom. The third-order valence-corrected chi connectivity index (χ3v) is 2.54. The van der Waals surface area contributed by atoms with E-state index in [4.69, 9.17) is 9.47 Å². The van der Waals surface area contributed by atoms with Crippen LogP contribution in [0.1, 0.15) is 31.1 Å². The molecule has 0 saturated carbocycles. The highest BCUT2D eigenvalue weighted by molar-refractivity contribution is 5.28. The van der Waals surface area contributed by atoms with Gasteiger partial charge in [-0.05, 0) is 31.9 Å². The number of aryl methyl sites for hydroxylation is 1. The van der Waals surface area contributed by atoms with E-state index >= 15 is 0 Å². The quantitative estimate of drug-likeness (QED) is 0.681. The molecule has 14 heavy (non-hydrogen) atoms. The molecule has 1 fully saturated rings. The summed E-state index contributed by atoms with van der Waals surface area (Å²) < 4.78 is 11.3. The Morgan fingerprint density at radius 2 is 2.00 bits per heavy atom. The van der Waals surface area contributed by atoms with Crippen LogP contribution in [0.4, 0.5) is 0 Å². The zero-order valence-electron chi connectivity index (χ0n) is 8.91. The van der Waals surface area contributed by atoms with Gasteiger partial charge in [-0.2, -0.15) is 0 Å². The number of hydrogen-bond donors (Lipinski definition) is 0. The molecule has 2 nitrogen and oxygen atoms in total. The highest BCUT2D eigenvalue weighted by atomic mass is 16.7. The minimum Gasteiger partial charge on any atom is -0.347 e. The van der Waals surface area contributed by atoms with Crippen LogP contribution in [0.25, 0.3) is 0 Å². The van der Waals surface area contributed by atoms with Gasteiger partial charge in [-0.3, -0.25) is 0 Å². The molecule has 1 saturated heterocycles.